The number of carbonyl (C=O) groups is 1. The van der Waals surface area contributed by atoms with E-state index in [9.17, 15) is 4.79 Å². The lowest BCUT2D eigenvalue weighted by atomic mass is 10.1. The van der Waals surface area contributed by atoms with Gasteiger partial charge >= 0.3 is 0 Å². The van der Waals surface area contributed by atoms with Crippen LogP contribution in [0, 0.1) is 0 Å². The van der Waals surface area contributed by atoms with E-state index in [1.165, 1.54) is 6.42 Å². The molecule has 1 N–H and O–H groups in total. The van der Waals surface area contributed by atoms with Crippen molar-refractivity contribution < 1.29 is 4.79 Å². The average molecular weight is 356 g/mol. The Morgan fingerprint density at radius 1 is 1.08 bits per heavy atom. The predicted molar refractivity (Wildman–Crippen MR) is 103 cm³/mol. The Morgan fingerprint density at radius 3 is 2.33 bits per heavy atom. The van der Waals surface area contributed by atoms with Gasteiger partial charge in [-0.2, -0.15) is 11.8 Å². The normalized spacial score (nSPS) is 21.7. The molecular weight excluding hydrogens is 322 g/mol. The van der Waals surface area contributed by atoms with Crippen LogP contribution < -0.4 is 5.32 Å². The van der Waals surface area contributed by atoms with E-state index in [0.29, 0.717) is 17.7 Å². The number of hydrogen-bond donors (Lipinski definition) is 1. The van der Waals surface area contributed by atoms with Gasteiger partial charge in [0, 0.05) is 58.1 Å². The zero-order valence-corrected chi connectivity index (χ0v) is 16.3. The zero-order chi connectivity index (χ0) is 17.4. The molecular formula is C17H33N5OS. The molecule has 2 rings (SSSR count). The van der Waals surface area contributed by atoms with Crippen LogP contribution in [0.4, 0.5) is 0 Å². The van der Waals surface area contributed by atoms with Crippen molar-refractivity contribution in [3.63, 3.8) is 0 Å². The van der Waals surface area contributed by atoms with Crippen molar-refractivity contribution >= 4 is 23.6 Å². The summed E-state index contributed by atoms with van der Waals surface area (Å²) >= 11 is 1.86. The van der Waals surface area contributed by atoms with Crippen molar-refractivity contribution in [2.24, 2.45) is 4.99 Å². The number of rotatable bonds is 5. The quantitative estimate of drug-likeness (QED) is 0.588. The molecule has 2 aliphatic heterocycles. The van der Waals surface area contributed by atoms with Gasteiger partial charge in [0.2, 0.25) is 5.91 Å². The number of hydrogen-bond acceptors (Lipinski definition) is 4. The van der Waals surface area contributed by atoms with E-state index < -0.39 is 0 Å². The van der Waals surface area contributed by atoms with Gasteiger partial charge in [-0.05, 0) is 25.5 Å². The number of likely N-dealkylation sites (tertiary alicyclic amines) is 1. The third-order valence-corrected chi connectivity index (χ3v) is 5.87. The molecule has 0 aromatic heterocycles. The molecule has 0 radical (unpaired) electrons. The Hall–Kier alpha value is -0.950. The van der Waals surface area contributed by atoms with Gasteiger partial charge in [0.05, 0.1) is 6.54 Å². The van der Waals surface area contributed by atoms with Gasteiger partial charge in [0.1, 0.15) is 0 Å². The molecule has 2 fully saturated rings. The first-order chi connectivity index (χ1) is 11.6. The Labute approximate surface area is 151 Å². The summed E-state index contributed by atoms with van der Waals surface area (Å²) in [5.41, 5.74) is 0. The highest BCUT2D eigenvalue weighted by atomic mass is 32.2. The molecule has 6 nitrogen and oxygen atoms in total. The number of aliphatic imine (C=N–C) groups is 1. The summed E-state index contributed by atoms with van der Waals surface area (Å²) < 4.78 is 0. The van der Waals surface area contributed by atoms with Crippen LogP contribution in [0.1, 0.15) is 26.2 Å². The largest absolute Gasteiger partial charge is 0.355 e. The minimum atomic E-state index is 0.305. The molecule has 0 saturated carbocycles. The third-order valence-electron chi connectivity index (χ3n) is 4.90. The predicted octanol–water partition coefficient (Wildman–Crippen LogP) is 0.943. The molecule has 138 valence electrons. The molecule has 1 unspecified atom stereocenters. The van der Waals surface area contributed by atoms with E-state index >= 15 is 0 Å². The van der Waals surface area contributed by atoms with Gasteiger partial charge in [-0.25, -0.2) is 0 Å². The molecule has 0 bridgehead atoms. The first-order valence-electron chi connectivity index (χ1n) is 9.12. The summed E-state index contributed by atoms with van der Waals surface area (Å²) in [7, 11) is 1.85. The van der Waals surface area contributed by atoms with Gasteiger partial charge in [0.25, 0.3) is 0 Å². The monoisotopic (exact) mass is 355 g/mol. The first kappa shape index (κ1) is 19.4. The van der Waals surface area contributed by atoms with Crippen molar-refractivity contribution in [1.82, 2.24) is 20.0 Å². The van der Waals surface area contributed by atoms with Crippen molar-refractivity contribution in [2.45, 2.75) is 31.4 Å². The molecule has 2 aliphatic rings. The van der Waals surface area contributed by atoms with Crippen LogP contribution in [0.15, 0.2) is 4.99 Å². The van der Waals surface area contributed by atoms with E-state index in [1.807, 2.05) is 23.7 Å². The van der Waals surface area contributed by atoms with Crippen molar-refractivity contribution in [1.29, 1.82) is 0 Å². The smallest absolute Gasteiger partial charge is 0.236 e. The van der Waals surface area contributed by atoms with Gasteiger partial charge in [-0.3, -0.25) is 14.7 Å². The zero-order valence-electron chi connectivity index (χ0n) is 15.5. The van der Waals surface area contributed by atoms with Crippen LogP contribution in [-0.4, -0.2) is 97.5 Å². The summed E-state index contributed by atoms with van der Waals surface area (Å²) in [5, 5.41) is 4.03. The van der Waals surface area contributed by atoms with Crippen LogP contribution in [0.2, 0.25) is 0 Å². The van der Waals surface area contributed by atoms with Gasteiger partial charge in [-0.1, -0.05) is 6.92 Å². The second kappa shape index (κ2) is 10.1. The molecule has 2 saturated heterocycles. The SMILES string of the molecule is CN=C(NCC(C)SC)N1CCN(CC(=O)N2CCCCC2)CC1. The summed E-state index contributed by atoms with van der Waals surface area (Å²) in [4.78, 5) is 23.4. The first-order valence-corrected chi connectivity index (χ1v) is 10.4. The highest BCUT2D eigenvalue weighted by Gasteiger charge is 2.24. The lowest BCUT2D eigenvalue weighted by molar-refractivity contribution is -0.133. The topological polar surface area (TPSA) is 51.2 Å². The highest BCUT2D eigenvalue weighted by Crippen LogP contribution is 2.10. The van der Waals surface area contributed by atoms with E-state index in [2.05, 4.69) is 33.3 Å². The number of amides is 1. The molecule has 0 spiro atoms. The molecule has 24 heavy (non-hydrogen) atoms. The van der Waals surface area contributed by atoms with E-state index in [1.54, 1.807) is 0 Å². The van der Waals surface area contributed by atoms with Crippen molar-refractivity contribution in [3.8, 4) is 0 Å². The Bertz CT molecular complexity index is 417. The summed E-state index contributed by atoms with van der Waals surface area (Å²) in [6.45, 7) is 9.34. The highest BCUT2D eigenvalue weighted by molar-refractivity contribution is 7.99. The Morgan fingerprint density at radius 2 is 1.75 bits per heavy atom. The fourth-order valence-electron chi connectivity index (χ4n) is 3.20. The van der Waals surface area contributed by atoms with E-state index in [-0.39, 0.29) is 0 Å². The molecule has 7 heteroatoms. The summed E-state index contributed by atoms with van der Waals surface area (Å²) in [5.74, 6) is 1.29. The molecule has 0 aromatic carbocycles. The van der Waals surface area contributed by atoms with Crippen LogP contribution in [0.5, 0.6) is 0 Å². The van der Waals surface area contributed by atoms with Gasteiger partial charge in [-0.15, -0.1) is 0 Å². The standard InChI is InChI=1S/C17H33N5OS/c1-15(24-3)13-19-17(18-2)22-11-9-20(10-12-22)14-16(23)21-7-5-4-6-8-21/h15H,4-14H2,1-3H3,(H,18,19). The number of guanidine groups is 1. The molecule has 2 heterocycles. The Balaban J connectivity index is 1.72. The van der Waals surface area contributed by atoms with Gasteiger partial charge in [0.15, 0.2) is 5.96 Å². The second-order valence-corrected chi connectivity index (χ2v) is 7.96. The van der Waals surface area contributed by atoms with Crippen LogP contribution in [0.3, 0.4) is 0 Å². The fourth-order valence-corrected chi connectivity index (χ4v) is 3.45. The van der Waals surface area contributed by atoms with Crippen LogP contribution in [0.25, 0.3) is 0 Å². The van der Waals surface area contributed by atoms with E-state index in [4.69, 9.17) is 0 Å². The maximum atomic E-state index is 12.4. The molecule has 1 amide bonds. The van der Waals surface area contributed by atoms with E-state index in [0.717, 1.165) is 64.6 Å². The van der Waals surface area contributed by atoms with Crippen LogP contribution >= 0.6 is 11.8 Å². The minimum absolute atomic E-state index is 0.305. The molecule has 0 aromatic rings. The average Bonchev–Trinajstić information content (AvgIpc) is 2.64. The summed E-state index contributed by atoms with van der Waals surface area (Å²) in [6, 6.07) is 0. The Kier molecular flexibility index (Phi) is 8.18. The van der Waals surface area contributed by atoms with Crippen LogP contribution in [-0.2, 0) is 4.79 Å². The number of nitrogens with one attached hydrogen (secondary N) is 1. The number of carbonyl (C=O) groups excluding carboxylic acids is 1. The number of thioether (sulfide) groups is 1. The molecule has 1 atom stereocenters. The minimum Gasteiger partial charge on any atom is -0.355 e. The lowest BCUT2D eigenvalue weighted by Crippen LogP contribution is -2.54. The number of piperidine rings is 1. The maximum absolute atomic E-state index is 12.4. The maximum Gasteiger partial charge on any atom is 0.236 e. The number of piperazine rings is 1. The van der Waals surface area contributed by atoms with Crippen molar-refractivity contribution in [3.05, 3.63) is 0 Å². The third kappa shape index (κ3) is 5.84. The molecule has 0 aliphatic carbocycles. The van der Waals surface area contributed by atoms with Gasteiger partial charge < -0.3 is 15.1 Å². The summed E-state index contributed by atoms with van der Waals surface area (Å²) in [6.07, 6.45) is 5.73. The number of nitrogens with zero attached hydrogens (tertiary/aromatic N) is 4. The fraction of sp³-hybridized carbons (Fsp3) is 0.882. The second-order valence-electron chi connectivity index (χ2n) is 6.68. The lowest BCUT2D eigenvalue weighted by Gasteiger charge is -2.37. The van der Waals surface area contributed by atoms with Crippen molar-refractivity contribution in [2.75, 3.05) is 65.7 Å².